The molecule has 4 nitrogen and oxygen atoms in total. The number of fused-ring (bicyclic) bond motifs is 3. The first kappa shape index (κ1) is 18.9. The molecule has 0 saturated carbocycles. The molecule has 2 aromatic heterocycles. The zero-order chi connectivity index (χ0) is 20.2. The van der Waals surface area contributed by atoms with Crippen LogP contribution in [0, 0.1) is 12.8 Å². The fourth-order valence-corrected chi connectivity index (χ4v) is 4.12. The number of pyridine rings is 1. The molecule has 3 aromatic rings. The molecule has 0 unspecified atom stereocenters. The number of aryl methyl sites for hydroxylation is 1. The number of rotatable bonds is 4. The highest BCUT2D eigenvalue weighted by molar-refractivity contribution is 6.08. The van der Waals surface area contributed by atoms with Crippen LogP contribution in [0.25, 0.3) is 22.1 Å². The maximum Gasteiger partial charge on any atom is 0.227 e. The molecular weight excluding hydrogens is 346 g/mol. The first-order valence-electron chi connectivity index (χ1n) is 10.3. The van der Waals surface area contributed by atoms with Gasteiger partial charge in [-0.2, -0.15) is 0 Å². The lowest BCUT2D eigenvalue weighted by Crippen LogP contribution is -2.49. The zero-order valence-electron chi connectivity index (χ0n) is 18.1. The van der Waals surface area contributed by atoms with Crippen molar-refractivity contribution in [2.24, 2.45) is 5.92 Å². The van der Waals surface area contributed by atoms with E-state index in [4.69, 9.17) is 9.40 Å². The zero-order valence-corrected chi connectivity index (χ0v) is 18.1. The lowest BCUT2D eigenvalue weighted by atomic mass is 10.0. The SMILES string of the molecule is Cc1ccc2c(oc3nc(C(C)C)ccc32)c1N1C=CN(CC(C)C)C1(C)C. The summed E-state index contributed by atoms with van der Waals surface area (Å²) in [6.07, 6.45) is 4.39. The Hall–Kier alpha value is -2.49. The normalized spacial score (nSPS) is 16.5. The van der Waals surface area contributed by atoms with E-state index < -0.39 is 0 Å². The summed E-state index contributed by atoms with van der Waals surface area (Å²) in [5, 5.41) is 2.21. The van der Waals surface area contributed by atoms with Gasteiger partial charge in [-0.15, -0.1) is 0 Å². The van der Waals surface area contributed by atoms with Crippen LogP contribution in [-0.4, -0.2) is 22.1 Å². The second kappa shape index (κ2) is 6.54. The van der Waals surface area contributed by atoms with Crippen molar-refractivity contribution in [1.82, 2.24) is 9.88 Å². The van der Waals surface area contributed by atoms with E-state index in [1.54, 1.807) is 0 Å². The summed E-state index contributed by atoms with van der Waals surface area (Å²) in [5.74, 6) is 0.981. The first-order chi connectivity index (χ1) is 13.2. The number of hydrogen-bond donors (Lipinski definition) is 0. The molecule has 0 spiro atoms. The van der Waals surface area contributed by atoms with Gasteiger partial charge in [0.15, 0.2) is 5.58 Å². The van der Waals surface area contributed by atoms with Crippen molar-refractivity contribution in [3.05, 3.63) is 47.9 Å². The van der Waals surface area contributed by atoms with Crippen LogP contribution in [0.15, 0.2) is 41.1 Å². The lowest BCUT2D eigenvalue weighted by molar-refractivity contribution is 0.190. The van der Waals surface area contributed by atoms with Gasteiger partial charge in [0.25, 0.3) is 0 Å². The molecule has 0 atom stereocenters. The maximum atomic E-state index is 6.37. The van der Waals surface area contributed by atoms with Gasteiger partial charge in [0, 0.05) is 35.4 Å². The Morgan fingerprint density at radius 2 is 1.71 bits per heavy atom. The number of hydrogen-bond acceptors (Lipinski definition) is 4. The van der Waals surface area contributed by atoms with Crippen LogP contribution in [0.4, 0.5) is 5.69 Å². The third-order valence-electron chi connectivity index (χ3n) is 5.79. The highest BCUT2D eigenvalue weighted by Crippen LogP contribution is 2.42. The molecule has 28 heavy (non-hydrogen) atoms. The Morgan fingerprint density at radius 1 is 1.00 bits per heavy atom. The maximum absolute atomic E-state index is 6.37. The number of furan rings is 1. The Kier molecular flexibility index (Phi) is 4.40. The van der Waals surface area contributed by atoms with Crippen LogP contribution in [0.1, 0.15) is 58.7 Å². The van der Waals surface area contributed by atoms with E-state index in [0.29, 0.717) is 11.8 Å². The Labute approximate surface area is 167 Å². The van der Waals surface area contributed by atoms with Gasteiger partial charge in [-0.25, -0.2) is 4.98 Å². The van der Waals surface area contributed by atoms with E-state index in [1.807, 2.05) is 0 Å². The van der Waals surface area contributed by atoms with Crippen LogP contribution in [0.5, 0.6) is 0 Å². The molecule has 1 aliphatic rings. The highest BCUT2D eigenvalue weighted by atomic mass is 16.3. The minimum absolute atomic E-state index is 0.154. The van der Waals surface area contributed by atoms with Crippen molar-refractivity contribution in [2.75, 3.05) is 11.4 Å². The predicted octanol–water partition coefficient (Wildman–Crippen LogP) is 6.40. The van der Waals surface area contributed by atoms with E-state index >= 15 is 0 Å². The summed E-state index contributed by atoms with van der Waals surface area (Å²) in [6.45, 7) is 16.6. The Bertz CT molecular complexity index is 1060. The van der Waals surface area contributed by atoms with E-state index in [2.05, 4.69) is 94.9 Å². The summed E-state index contributed by atoms with van der Waals surface area (Å²) >= 11 is 0. The predicted molar refractivity (Wildman–Crippen MR) is 118 cm³/mol. The van der Waals surface area contributed by atoms with Crippen molar-refractivity contribution >= 4 is 27.8 Å². The average Bonchev–Trinajstić information content (AvgIpc) is 3.12. The molecule has 3 heterocycles. The molecule has 0 saturated heterocycles. The average molecular weight is 378 g/mol. The molecule has 1 aliphatic heterocycles. The number of nitrogens with zero attached hydrogens (tertiary/aromatic N) is 3. The van der Waals surface area contributed by atoms with Crippen LogP contribution >= 0.6 is 0 Å². The second-order valence-electron chi connectivity index (χ2n) is 9.16. The fourth-order valence-electron chi connectivity index (χ4n) is 4.12. The molecule has 0 bridgehead atoms. The standard InChI is InChI=1S/C24H31N3O/c1-15(2)14-26-12-13-27(24(26,6)7)21-17(5)8-9-18-19-10-11-20(16(3)4)25-23(19)28-22(18)21/h8-13,15-16H,14H2,1-7H3. The largest absolute Gasteiger partial charge is 0.435 e. The van der Waals surface area contributed by atoms with E-state index in [-0.39, 0.29) is 5.66 Å². The van der Waals surface area contributed by atoms with E-state index in [9.17, 15) is 0 Å². The van der Waals surface area contributed by atoms with Crippen molar-refractivity contribution < 1.29 is 4.42 Å². The fraction of sp³-hybridized carbons (Fsp3) is 0.458. The van der Waals surface area contributed by atoms with E-state index in [0.717, 1.165) is 40.0 Å². The molecule has 0 radical (unpaired) electrons. The second-order valence-corrected chi connectivity index (χ2v) is 9.16. The molecule has 0 aliphatic carbocycles. The van der Waals surface area contributed by atoms with Crippen molar-refractivity contribution in [3.8, 4) is 0 Å². The number of benzene rings is 1. The Morgan fingerprint density at radius 3 is 2.39 bits per heavy atom. The van der Waals surface area contributed by atoms with Gasteiger partial charge < -0.3 is 14.2 Å². The quantitative estimate of drug-likeness (QED) is 0.527. The van der Waals surface area contributed by atoms with Gasteiger partial charge in [-0.3, -0.25) is 0 Å². The molecule has 1 aromatic carbocycles. The van der Waals surface area contributed by atoms with Crippen LogP contribution in [0.3, 0.4) is 0 Å². The molecule has 0 amide bonds. The molecule has 0 N–H and O–H groups in total. The van der Waals surface area contributed by atoms with Gasteiger partial charge in [-0.05, 0) is 50.3 Å². The summed E-state index contributed by atoms with van der Waals surface area (Å²) in [4.78, 5) is 9.54. The van der Waals surface area contributed by atoms with Gasteiger partial charge in [0.05, 0.1) is 5.69 Å². The molecule has 148 valence electrons. The van der Waals surface area contributed by atoms with Gasteiger partial charge >= 0.3 is 0 Å². The third kappa shape index (κ3) is 2.86. The smallest absolute Gasteiger partial charge is 0.227 e. The van der Waals surface area contributed by atoms with Crippen LogP contribution in [-0.2, 0) is 0 Å². The molecule has 4 heteroatoms. The molecule has 4 rings (SSSR count). The minimum atomic E-state index is -0.154. The first-order valence-corrected chi connectivity index (χ1v) is 10.3. The summed E-state index contributed by atoms with van der Waals surface area (Å²) < 4.78 is 6.37. The van der Waals surface area contributed by atoms with Gasteiger partial charge in [-0.1, -0.05) is 39.8 Å². The summed E-state index contributed by atoms with van der Waals surface area (Å²) in [6, 6.07) is 8.62. The van der Waals surface area contributed by atoms with Crippen molar-refractivity contribution in [3.63, 3.8) is 0 Å². The van der Waals surface area contributed by atoms with Crippen LogP contribution in [0.2, 0.25) is 0 Å². The highest BCUT2D eigenvalue weighted by Gasteiger charge is 2.37. The van der Waals surface area contributed by atoms with Gasteiger partial charge in [0.1, 0.15) is 5.66 Å². The van der Waals surface area contributed by atoms with Crippen LogP contribution < -0.4 is 4.90 Å². The van der Waals surface area contributed by atoms with E-state index in [1.165, 1.54) is 5.56 Å². The molecule has 0 fully saturated rings. The monoisotopic (exact) mass is 377 g/mol. The topological polar surface area (TPSA) is 32.5 Å². The van der Waals surface area contributed by atoms with Gasteiger partial charge in [0.2, 0.25) is 5.71 Å². The molecular formula is C24H31N3O. The van der Waals surface area contributed by atoms with Crippen molar-refractivity contribution in [2.45, 2.75) is 60.0 Å². The minimum Gasteiger partial charge on any atom is -0.435 e. The third-order valence-corrected chi connectivity index (χ3v) is 5.79. The Balaban J connectivity index is 1.88. The summed E-state index contributed by atoms with van der Waals surface area (Å²) in [5.41, 5.74) is 4.91. The number of anilines is 1. The summed E-state index contributed by atoms with van der Waals surface area (Å²) in [7, 11) is 0. The lowest BCUT2D eigenvalue weighted by Gasteiger charge is -2.41. The van der Waals surface area contributed by atoms with Crippen molar-refractivity contribution in [1.29, 1.82) is 0 Å². The number of aromatic nitrogens is 1.